The van der Waals surface area contributed by atoms with Crippen molar-refractivity contribution in [2.45, 2.75) is 180 Å². The molecule has 8 aromatic rings. The van der Waals surface area contributed by atoms with E-state index in [9.17, 15) is 42.1 Å². The average Bonchev–Trinajstić information content (AvgIpc) is 0.796. The van der Waals surface area contributed by atoms with E-state index in [1.807, 2.05) is 31.2 Å². The van der Waals surface area contributed by atoms with E-state index in [0.717, 1.165) is 22.4 Å². The molecular formula is C79H95BrK2O22S2. The van der Waals surface area contributed by atoms with Crippen molar-refractivity contribution in [3.8, 4) is 34.5 Å². The Morgan fingerprint density at radius 3 is 1.15 bits per heavy atom. The maximum atomic E-state index is 13.2. The predicted octanol–water partition coefficient (Wildman–Crippen LogP) is 5.62. The van der Waals surface area contributed by atoms with Crippen molar-refractivity contribution in [2.75, 3.05) is 20.8 Å². The van der Waals surface area contributed by atoms with Gasteiger partial charge in [0, 0.05) is 40.1 Å². The van der Waals surface area contributed by atoms with Gasteiger partial charge in [-0.25, -0.2) is 31.4 Å². The summed E-state index contributed by atoms with van der Waals surface area (Å²) < 4.78 is 75.2. The summed E-state index contributed by atoms with van der Waals surface area (Å²) in [7, 11) is -4.32. The normalized spacial score (nSPS) is 19.8. The van der Waals surface area contributed by atoms with Gasteiger partial charge in [0.25, 0.3) is 6.47 Å². The van der Waals surface area contributed by atoms with Gasteiger partial charge in [0.1, 0.15) is 53.3 Å². The number of aliphatic hydroxyl groups is 7. The summed E-state index contributed by atoms with van der Waals surface area (Å²) in [6.45, 7) is 19.0. The first kappa shape index (κ1) is 93.5. The fourth-order valence-corrected chi connectivity index (χ4v) is 14.8. The third-order valence-electron chi connectivity index (χ3n) is 18.8. The van der Waals surface area contributed by atoms with Gasteiger partial charge in [0.05, 0.1) is 64.8 Å². The van der Waals surface area contributed by atoms with Crippen LogP contribution in [0, 0.1) is 33.1 Å². The Bertz CT molecular complexity index is 4390. The summed E-state index contributed by atoms with van der Waals surface area (Å²) in [4.78, 5) is 33.8. The zero-order valence-corrected chi connectivity index (χ0v) is 70.6. The first-order chi connectivity index (χ1) is 48.5. The molecule has 106 heavy (non-hydrogen) atoms. The van der Waals surface area contributed by atoms with E-state index >= 15 is 0 Å². The molecule has 27 heteroatoms. The zero-order chi connectivity index (χ0) is 76.0. The van der Waals surface area contributed by atoms with E-state index in [2.05, 4.69) is 125 Å². The molecule has 2 fully saturated rings. The van der Waals surface area contributed by atoms with E-state index in [1.54, 1.807) is 79.9 Å². The van der Waals surface area contributed by atoms with Crippen LogP contribution in [0.25, 0.3) is 0 Å². The molecule has 564 valence electrons. The van der Waals surface area contributed by atoms with Crippen LogP contribution in [0.4, 0.5) is 0 Å². The van der Waals surface area contributed by atoms with Crippen molar-refractivity contribution in [3.05, 3.63) is 225 Å². The van der Waals surface area contributed by atoms with Crippen LogP contribution in [0.5, 0.6) is 34.5 Å². The van der Waals surface area contributed by atoms with Gasteiger partial charge < -0.3 is 71.4 Å². The minimum Gasteiger partial charge on any atom is -1.00 e. The second kappa shape index (κ2) is 40.9. The van der Waals surface area contributed by atoms with Crippen LogP contribution in [-0.2, 0) is 66.7 Å². The van der Waals surface area contributed by atoms with E-state index in [-0.39, 0.29) is 175 Å². The molecule has 0 spiro atoms. The molecule has 2 aliphatic carbocycles. The molecule has 22 nitrogen and oxygen atoms in total. The second-order valence-electron chi connectivity index (χ2n) is 27.1. The second-order valence-corrected chi connectivity index (χ2v) is 31.5. The van der Waals surface area contributed by atoms with Crippen LogP contribution < -0.4 is 127 Å². The molecule has 2 saturated carbocycles. The summed E-state index contributed by atoms with van der Waals surface area (Å²) in [6, 6.07) is 50.6. The standard InChI is InChI=1S/C39H46O9S.C31H31BrO4S.C7H12O6.CH2O3.CH4.2K.H/c1-25-7-8-28(19-26(25)2)38(3,4)29-9-18-36(27(20-29)23-46-47-24-39(5)21-34(40)37(42)35(41)22-39)48-31-12-16-33(17-13-31)49(43,44)32-14-10-30(45-6)11-15-32;1-21-6-7-24(18-22(21)2)31(3,4)25-8-17-30(23(19-25)20-32)36-27-11-15-29(16-12-27)37(33,34)28-13-9-26(35-5)10-14-28;8-3-1-7(13,6(11)12)2-4(9)5(3)10;2-1-4-3;;;;/h7-20,34-35,37,40-42H,21-24H2,1-6H3;6-19H,20H2,1-5H3;3-5,8-10,13H,1-2H2,(H,11,12);1,3H;1H4;;;/q;;;;;2*+1;-1/p-1/t34-,35-,37?,39?;;3-,4-,5?,7?;;;;;/m1.1...../s1. The number of hydrogen-bond acceptors (Lipinski definition) is 21. The Balaban J connectivity index is 0.000000450. The molecule has 0 saturated heterocycles. The number of carbonyl (C=O) groups is 2. The smallest absolute Gasteiger partial charge is 1.00 e. The average molecular weight is 1620 g/mol. The van der Waals surface area contributed by atoms with Gasteiger partial charge in [-0.3, -0.25) is 4.79 Å². The number of aliphatic carboxylic acids is 1. The summed E-state index contributed by atoms with van der Waals surface area (Å²) in [5, 5.41) is 84.6. The Hall–Kier alpha value is -4.85. The van der Waals surface area contributed by atoms with Gasteiger partial charge in [-0.2, -0.15) is 0 Å². The molecule has 10 rings (SSSR count). The number of aliphatic hydroxyl groups excluding tert-OH is 6. The van der Waals surface area contributed by atoms with Crippen molar-refractivity contribution in [3.63, 3.8) is 0 Å². The fourth-order valence-electron chi connectivity index (χ4n) is 11.8. The fraction of sp³-hybridized carbons (Fsp3) is 0.367. The van der Waals surface area contributed by atoms with Gasteiger partial charge in [-0.05, 0) is 206 Å². The summed E-state index contributed by atoms with van der Waals surface area (Å²) in [6.07, 6.45) is -7.94. The molecule has 0 radical (unpaired) electrons. The number of carboxylic acids is 1. The summed E-state index contributed by atoms with van der Waals surface area (Å²) >= 11 is 3.61. The Morgan fingerprint density at radius 2 is 0.830 bits per heavy atom. The van der Waals surface area contributed by atoms with Crippen LogP contribution >= 0.6 is 15.9 Å². The first-order valence-electron chi connectivity index (χ1n) is 32.8. The SMILES string of the molecule is C.COc1ccc(S(=O)(=O)c2ccc(Oc3ccc(C(C)(C)c4ccc(C)c(C)c4)cc3CBr)cc2)cc1.COc1ccc(S(=O)(=O)c2ccc(Oc3ccc(C(C)(C)c4ccc(C)c(C)c4)cc3COOCC3(C)C[C@@H](O)C(O)[C@H](O)C3)cc2)cc1.O=C(O)C1(O)C[C@@H](O)C(O)[C@H](O)C1.O=CO[O-].[H-].[K+].[K+]. The maximum absolute atomic E-state index is 13.2. The van der Waals surface area contributed by atoms with Gasteiger partial charge in [-0.15, -0.1) is 0 Å². The number of alkyl halides is 1. The van der Waals surface area contributed by atoms with Crippen LogP contribution in [0.2, 0.25) is 0 Å². The Labute approximate surface area is 716 Å². The van der Waals surface area contributed by atoms with Gasteiger partial charge in [-0.1, -0.05) is 113 Å². The van der Waals surface area contributed by atoms with E-state index < -0.39 is 86.1 Å². The minimum atomic E-state index is -3.75. The number of ether oxygens (including phenoxy) is 4. The quantitative estimate of drug-likeness (QED) is 0.0102. The summed E-state index contributed by atoms with van der Waals surface area (Å²) in [5.74, 6) is 1.91. The van der Waals surface area contributed by atoms with Crippen molar-refractivity contribution < 1.29 is 210 Å². The van der Waals surface area contributed by atoms with Gasteiger partial charge in [0.2, 0.25) is 19.7 Å². The summed E-state index contributed by atoms with van der Waals surface area (Å²) in [5.41, 5.74) is 8.09. The zero-order valence-electron chi connectivity index (χ0n) is 62.1. The van der Waals surface area contributed by atoms with Gasteiger partial charge in [0.15, 0.2) is 5.60 Å². The van der Waals surface area contributed by atoms with Crippen LogP contribution in [0.15, 0.2) is 189 Å². The molecule has 0 bridgehead atoms. The van der Waals surface area contributed by atoms with E-state index in [0.29, 0.717) is 39.6 Å². The largest absolute Gasteiger partial charge is 1.00 e. The third kappa shape index (κ3) is 23.8. The van der Waals surface area contributed by atoms with Crippen LogP contribution in [-0.4, -0.2) is 133 Å². The number of sulfone groups is 2. The van der Waals surface area contributed by atoms with Crippen molar-refractivity contribution in [2.24, 2.45) is 5.41 Å². The van der Waals surface area contributed by atoms with Gasteiger partial charge >= 0.3 is 109 Å². The molecule has 0 amide bonds. The Kier molecular flexibility index (Phi) is 36.1. The number of methoxy groups -OCH3 is 2. The molecular weight excluding hydrogens is 1520 g/mol. The van der Waals surface area contributed by atoms with Crippen molar-refractivity contribution in [1.29, 1.82) is 0 Å². The minimum absolute atomic E-state index is 0. The van der Waals surface area contributed by atoms with Crippen molar-refractivity contribution in [1.82, 2.24) is 0 Å². The predicted molar refractivity (Wildman–Crippen MR) is 392 cm³/mol. The van der Waals surface area contributed by atoms with Crippen molar-refractivity contribution >= 4 is 48.0 Å². The number of aryl methyl sites for hydroxylation is 4. The van der Waals surface area contributed by atoms with E-state index in [4.69, 9.17) is 59.2 Å². The molecule has 0 aliphatic heterocycles. The maximum Gasteiger partial charge on any atom is 1.00 e. The first-order valence-corrected chi connectivity index (χ1v) is 36.9. The molecule has 0 heterocycles. The molecule has 0 unspecified atom stereocenters. The molecule has 8 aromatic carbocycles. The van der Waals surface area contributed by atoms with Crippen LogP contribution in [0.1, 0.15) is 125 Å². The number of halogens is 1. The Morgan fingerprint density at radius 1 is 0.519 bits per heavy atom. The van der Waals surface area contributed by atoms with E-state index in [1.165, 1.54) is 64.8 Å². The number of rotatable bonds is 22. The third-order valence-corrected chi connectivity index (χ3v) is 23.0. The molecule has 0 aromatic heterocycles. The number of carbonyl (C=O) groups excluding carboxylic acids is 1. The molecule has 8 N–H and O–H groups in total. The molecule has 2 aliphatic rings. The molecule has 4 atom stereocenters. The number of hydrogen-bond donors (Lipinski definition) is 8. The van der Waals surface area contributed by atoms with Crippen LogP contribution in [0.3, 0.4) is 0 Å². The monoisotopic (exact) mass is 1620 g/mol. The topological polar surface area (TPSA) is 352 Å². The number of carboxylic acid groups (broad SMARTS) is 1. The number of benzene rings is 8.